The van der Waals surface area contributed by atoms with Gasteiger partial charge in [-0.25, -0.2) is 0 Å². The third kappa shape index (κ3) is 2.55. The van der Waals surface area contributed by atoms with Crippen molar-refractivity contribution in [2.24, 2.45) is 0 Å². The van der Waals surface area contributed by atoms with Crippen molar-refractivity contribution >= 4 is 33.3 Å². The Hall–Kier alpha value is -1.26. The molecular weight excluding hydrogens is 332 g/mol. The van der Waals surface area contributed by atoms with E-state index in [9.17, 15) is 4.79 Å². The third-order valence-corrected chi connectivity index (χ3v) is 3.92. The fourth-order valence-corrected chi connectivity index (χ4v) is 2.63. The lowest BCUT2D eigenvalue weighted by atomic mass is 9.99. The van der Waals surface area contributed by atoms with Crippen LogP contribution >= 0.6 is 27.5 Å². The molecule has 0 N–H and O–H groups in total. The summed E-state index contributed by atoms with van der Waals surface area (Å²) in [6.45, 7) is 3.73. The SMILES string of the molecule is COc1c(C)cc(Br)c(C)c1C(=O)c1ccc(Cl)o1. The number of aryl methyl sites for hydroxylation is 1. The number of hydrogen-bond acceptors (Lipinski definition) is 3. The molecule has 0 aliphatic carbocycles. The highest BCUT2D eigenvalue weighted by Crippen LogP contribution is 2.34. The molecule has 2 rings (SSSR count). The molecule has 5 heteroatoms. The van der Waals surface area contributed by atoms with Crippen LogP contribution < -0.4 is 4.74 Å². The quantitative estimate of drug-likeness (QED) is 0.767. The lowest BCUT2D eigenvalue weighted by molar-refractivity contribution is 0.101. The number of benzene rings is 1. The van der Waals surface area contributed by atoms with E-state index in [1.54, 1.807) is 19.2 Å². The third-order valence-electron chi connectivity index (χ3n) is 2.89. The molecule has 0 radical (unpaired) electrons. The van der Waals surface area contributed by atoms with Gasteiger partial charge in [-0.15, -0.1) is 0 Å². The molecule has 0 spiro atoms. The Balaban J connectivity index is 2.64. The van der Waals surface area contributed by atoms with Crippen LogP contribution in [0, 0.1) is 13.8 Å². The van der Waals surface area contributed by atoms with Crippen molar-refractivity contribution in [3.63, 3.8) is 0 Å². The zero-order valence-electron chi connectivity index (χ0n) is 10.7. The number of rotatable bonds is 3. The fourth-order valence-electron chi connectivity index (χ4n) is 1.95. The Labute approximate surface area is 124 Å². The highest BCUT2D eigenvalue weighted by molar-refractivity contribution is 9.10. The van der Waals surface area contributed by atoms with Crippen LogP contribution in [-0.4, -0.2) is 12.9 Å². The summed E-state index contributed by atoms with van der Waals surface area (Å²) >= 11 is 9.15. The normalized spacial score (nSPS) is 10.6. The molecule has 0 aliphatic heterocycles. The first-order valence-corrected chi connectivity index (χ1v) is 6.76. The molecule has 2 aromatic rings. The van der Waals surface area contributed by atoms with E-state index in [0.29, 0.717) is 11.3 Å². The first-order valence-electron chi connectivity index (χ1n) is 5.59. The standard InChI is InChI=1S/C14H12BrClO3/c1-7-6-9(15)8(2)12(14(7)18-3)13(17)10-4-5-11(16)19-10/h4-6H,1-3H3. The van der Waals surface area contributed by atoms with Gasteiger partial charge in [-0.3, -0.25) is 4.79 Å². The number of ketones is 1. The highest BCUT2D eigenvalue weighted by atomic mass is 79.9. The molecule has 0 unspecified atom stereocenters. The molecule has 0 saturated heterocycles. The molecule has 0 bridgehead atoms. The minimum absolute atomic E-state index is 0.187. The van der Waals surface area contributed by atoms with Crippen molar-refractivity contribution in [1.29, 1.82) is 0 Å². The van der Waals surface area contributed by atoms with Crippen molar-refractivity contribution in [3.8, 4) is 5.75 Å². The van der Waals surface area contributed by atoms with Crippen LogP contribution in [0.15, 0.2) is 27.1 Å². The van der Waals surface area contributed by atoms with Crippen LogP contribution in [-0.2, 0) is 0 Å². The van der Waals surface area contributed by atoms with E-state index in [1.165, 1.54) is 0 Å². The molecule has 0 fully saturated rings. The summed E-state index contributed by atoms with van der Waals surface area (Å²) in [7, 11) is 1.54. The van der Waals surface area contributed by atoms with Gasteiger partial charge in [0.05, 0.1) is 12.7 Å². The molecular formula is C14H12BrClO3. The van der Waals surface area contributed by atoms with Crippen LogP contribution in [0.2, 0.25) is 5.22 Å². The highest BCUT2D eigenvalue weighted by Gasteiger charge is 2.23. The van der Waals surface area contributed by atoms with E-state index < -0.39 is 0 Å². The summed E-state index contributed by atoms with van der Waals surface area (Å²) in [6.07, 6.45) is 0. The second-order valence-corrected chi connectivity index (χ2v) is 5.37. The van der Waals surface area contributed by atoms with Crippen molar-refractivity contribution in [2.45, 2.75) is 13.8 Å². The summed E-state index contributed by atoms with van der Waals surface area (Å²) in [5, 5.41) is 0.187. The molecule has 100 valence electrons. The average Bonchev–Trinajstić information content (AvgIpc) is 2.79. The number of hydrogen-bond donors (Lipinski definition) is 0. The number of halogens is 2. The van der Waals surface area contributed by atoms with Crippen molar-refractivity contribution in [1.82, 2.24) is 0 Å². The van der Waals surface area contributed by atoms with Crippen LogP contribution in [0.1, 0.15) is 27.2 Å². The van der Waals surface area contributed by atoms with Crippen LogP contribution in [0.5, 0.6) is 5.75 Å². The van der Waals surface area contributed by atoms with E-state index in [4.69, 9.17) is 20.8 Å². The van der Waals surface area contributed by atoms with E-state index in [-0.39, 0.29) is 16.8 Å². The summed E-state index contributed by atoms with van der Waals surface area (Å²) in [4.78, 5) is 12.5. The molecule has 1 heterocycles. The zero-order valence-corrected chi connectivity index (χ0v) is 13.1. The lowest BCUT2D eigenvalue weighted by Gasteiger charge is -2.14. The van der Waals surface area contributed by atoms with Gasteiger partial charge in [0.1, 0.15) is 5.75 Å². The van der Waals surface area contributed by atoms with E-state index in [0.717, 1.165) is 15.6 Å². The number of carbonyl (C=O) groups excluding carboxylic acids is 1. The molecule has 19 heavy (non-hydrogen) atoms. The Bertz CT molecular complexity index is 646. The predicted octanol–water partition coefficient (Wildman–Crippen LogP) is 4.55. The van der Waals surface area contributed by atoms with Gasteiger partial charge in [-0.05, 0) is 54.8 Å². The number of methoxy groups -OCH3 is 1. The van der Waals surface area contributed by atoms with Gasteiger partial charge in [0.2, 0.25) is 5.78 Å². The van der Waals surface area contributed by atoms with Crippen molar-refractivity contribution < 1.29 is 13.9 Å². The van der Waals surface area contributed by atoms with Crippen LogP contribution in [0.4, 0.5) is 0 Å². The first-order chi connectivity index (χ1) is 8.95. The Morgan fingerprint density at radius 2 is 2.05 bits per heavy atom. The summed E-state index contributed by atoms with van der Waals surface area (Å²) in [5.41, 5.74) is 2.17. The fraction of sp³-hybridized carbons (Fsp3) is 0.214. The molecule has 0 atom stereocenters. The molecule has 1 aromatic heterocycles. The van der Waals surface area contributed by atoms with Gasteiger partial charge in [0.25, 0.3) is 0 Å². The molecule has 0 aliphatic rings. The lowest BCUT2D eigenvalue weighted by Crippen LogP contribution is -2.07. The summed E-state index contributed by atoms with van der Waals surface area (Å²) < 4.78 is 11.4. The minimum atomic E-state index is -0.245. The van der Waals surface area contributed by atoms with Gasteiger partial charge in [0.15, 0.2) is 11.0 Å². The molecule has 3 nitrogen and oxygen atoms in total. The smallest absolute Gasteiger partial charge is 0.232 e. The predicted molar refractivity (Wildman–Crippen MR) is 77.3 cm³/mol. The monoisotopic (exact) mass is 342 g/mol. The first kappa shape index (κ1) is 14.2. The maximum absolute atomic E-state index is 12.5. The number of ether oxygens (including phenoxy) is 1. The van der Waals surface area contributed by atoms with Crippen molar-refractivity contribution in [3.05, 3.63) is 50.3 Å². The number of furan rings is 1. The van der Waals surface area contributed by atoms with E-state index >= 15 is 0 Å². The average molecular weight is 344 g/mol. The Morgan fingerprint density at radius 1 is 1.37 bits per heavy atom. The van der Waals surface area contributed by atoms with E-state index in [2.05, 4.69) is 15.9 Å². The van der Waals surface area contributed by atoms with Gasteiger partial charge < -0.3 is 9.15 Å². The second kappa shape index (κ2) is 5.39. The minimum Gasteiger partial charge on any atom is -0.496 e. The molecule has 1 aromatic carbocycles. The van der Waals surface area contributed by atoms with Crippen LogP contribution in [0.25, 0.3) is 0 Å². The van der Waals surface area contributed by atoms with Crippen LogP contribution in [0.3, 0.4) is 0 Å². The largest absolute Gasteiger partial charge is 0.496 e. The zero-order chi connectivity index (χ0) is 14.2. The summed E-state index contributed by atoms with van der Waals surface area (Å²) in [6, 6.07) is 5.02. The topological polar surface area (TPSA) is 39.4 Å². The van der Waals surface area contributed by atoms with Crippen molar-refractivity contribution in [2.75, 3.05) is 7.11 Å². The second-order valence-electron chi connectivity index (χ2n) is 4.14. The van der Waals surface area contributed by atoms with Gasteiger partial charge in [-0.2, -0.15) is 0 Å². The summed E-state index contributed by atoms with van der Waals surface area (Å²) in [5.74, 6) is 0.507. The Morgan fingerprint density at radius 3 is 2.58 bits per heavy atom. The van der Waals surface area contributed by atoms with Gasteiger partial charge >= 0.3 is 0 Å². The van der Waals surface area contributed by atoms with E-state index in [1.807, 2.05) is 19.9 Å². The maximum Gasteiger partial charge on any atom is 0.232 e. The molecule has 0 saturated carbocycles. The maximum atomic E-state index is 12.5. The van der Waals surface area contributed by atoms with Gasteiger partial charge in [-0.1, -0.05) is 15.9 Å². The number of carbonyl (C=O) groups is 1. The Kier molecular flexibility index (Phi) is 4.02. The van der Waals surface area contributed by atoms with Gasteiger partial charge in [0, 0.05) is 4.47 Å². The molecule has 0 amide bonds.